The molecule has 0 saturated heterocycles. The summed E-state index contributed by atoms with van der Waals surface area (Å²) in [7, 11) is 0. The van der Waals surface area contributed by atoms with Crippen molar-refractivity contribution in [3.63, 3.8) is 0 Å². The van der Waals surface area contributed by atoms with Gasteiger partial charge < -0.3 is 10.2 Å². The highest BCUT2D eigenvalue weighted by Gasteiger charge is 2.37. The molecule has 0 radical (unpaired) electrons. The molecular weight excluding hydrogens is 452 g/mol. The lowest BCUT2D eigenvalue weighted by atomic mass is 9.74. The molecule has 0 saturated carbocycles. The molecule has 4 aromatic carbocycles. The van der Waals surface area contributed by atoms with Gasteiger partial charge in [-0.05, 0) is 64.5 Å². The van der Waals surface area contributed by atoms with Crippen molar-refractivity contribution in [1.29, 1.82) is 0 Å². The Morgan fingerprint density at radius 3 is 1.16 bits per heavy atom. The van der Waals surface area contributed by atoms with Crippen molar-refractivity contribution in [2.24, 2.45) is 0 Å². The molecule has 4 rings (SSSR count). The van der Waals surface area contributed by atoms with Crippen molar-refractivity contribution in [2.75, 3.05) is 0 Å². The predicted octanol–water partition coefficient (Wildman–Crippen LogP) is 8.28. The van der Waals surface area contributed by atoms with E-state index in [9.17, 15) is 10.2 Å². The van der Waals surface area contributed by atoms with E-state index in [0.29, 0.717) is 19.3 Å². The fraction of sp³-hybridized carbons (Fsp3) is 0.314. The second kappa shape index (κ2) is 11.5. The van der Waals surface area contributed by atoms with Gasteiger partial charge in [0.1, 0.15) is 11.2 Å². The maximum atomic E-state index is 12.4. The van der Waals surface area contributed by atoms with Gasteiger partial charge in [0.15, 0.2) is 0 Å². The van der Waals surface area contributed by atoms with E-state index in [1.807, 2.05) is 84.9 Å². The number of aliphatic hydroxyl groups is 2. The lowest BCUT2D eigenvalue weighted by Crippen LogP contribution is -2.32. The Morgan fingerprint density at radius 1 is 0.486 bits per heavy atom. The molecule has 0 amide bonds. The maximum Gasteiger partial charge on any atom is 0.115 e. The number of rotatable bonds is 10. The van der Waals surface area contributed by atoms with Gasteiger partial charge in [0.25, 0.3) is 0 Å². The summed E-state index contributed by atoms with van der Waals surface area (Å²) in [5, 5.41) is 24.8. The molecule has 0 bridgehead atoms. The summed E-state index contributed by atoms with van der Waals surface area (Å²) in [6.45, 7) is 8.67. The molecule has 0 spiro atoms. The number of hydrogen-bond acceptors (Lipinski definition) is 2. The second-order valence-electron chi connectivity index (χ2n) is 10.8. The van der Waals surface area contributed by atoms with Crippen LogP contribution in [0.4, 0.5) is 0 Å². The van der Waals surface area contributed by atoms with Crippen molar-refractivity contribution in [2.45, 2.75) is 70.0 Å². The summed E-state index contributed by atoms with van der Waals surface area (Å²) in [6, 6.07) is 36.4. The van der Waals surface area contributed by atoms with Gasteiger partial charge in [-0.2, -0.15) is 0 Å². The molecule has 2 nitrogen and oxygen atoms in total. The van der Waals surface area contributed by atoms with E-state index >= 15 is 0 Å². The predicted molar refractivity (Wildman–Crippen MR) is 154 cm³/mol. The van der Waals surface area contributed by atoms with Crippen molar-refractivity contribution in [3.05, 3.63) is 143 Å². The van der Waals surface area contributed by atoms with E-state index in [1.165, 1.54) is 0 Å². The van der Waals surface area contributed by atoms with E-state index in [-0.39, 0.29) is 11.8 Å². The third-order valence-electron chi connectivity index (χ3n) is 7.64. The first-order chi connectivity index (χ1) is 17.8. The first-order valence-corrected chi connectivity index (χ1v) is 13.5. The van der Waals surface area contributed by atoms with Crippen LogP contribution in [0.5, 0.6) is 0 Å². The fourth-order valence-electron chi connectivity index (χ4n) is 5.65. The van der Waals surface area contributed by atoms with E-state index in [1.54, 1.807) is 0 Å². The average Bonchev–Trinajstić information content (AvgIpc) is 2.93. The minimum atomic E-state index is -1.16. The minimum Gasteiger partial charge on any atom is -0.380 e. The van der Waals surface area contributed by atoms with Gasteiger partial charge in [-0.15, -0.1) is 0 Å². The zero-order chi connectivity index (χ0) is 26.5. The summed E-state index contributed by atoms with van der Waals surface area (Å²) in [5.41, 5.74) is 3.65. The molecule has 0 heterocycles. The highest BCUT2D eigenvalue weighted by molar-refractivity contribution is 5.44. The van der Waals surface area contributed by atoms with E-state index in [0.717, 1.165) is 33.4 Å². The Bertz CT molecular complexity index is 1180. The van der Waals surface area contributed by atoms with Crippen LogP contribution in [0.15, 0.2) is 109 Å². The van der Waals surface area contributed by atoms with Crippen molar-refractivity contribution in [1.82, 2.24) is 0 Å². The highest BCUT2D eigenvalue weighted by Crippen LogP contribution is 2.43. The molecule has 0 aromatic heterocycles. The quantitative estimate of drug-likeness (QED) is 0.234. The van der Waals surface area contributed by atoms with Crippen molar-refractivity contribution >= 4 is 0 Å². The molecule has 2 N–H and O–H groups in total. The van der Waals surface area contributed by atoms with Crippen LogP contribution in [0, 0.1) is 0 Å². The van der Waals surface area contributed by atoms with Crippen LogP contribution in [0.25, 0.3) is 0 Å². The van der Waals surface area contributed by atoms with E-state index in [4.69, 9.17) is 0 Å². The van der Waals surface area contributed by atoms with Gasteiger partial charge in [0.05, 0.1) is 0 Å². The lowest BCUT2D eigenvalue weighted by Gasteiger charge is -2.36. The first kappa shape index (κ1) is 26.9. The van der Waals surface area contributed by atoms with Crippen molar-refractivity contribution < 1.29 is 10.2 Å². The Morgan fingerprint density at radius 2 is 0.811 bits per heavy atom. The van der Waals surface area contributed by atoms with Gasteiger partial charge in [-0.25, -0.2) is 0 Å². The SMILES string of the molecule is CC(C)c1ccccc1C(O)(CCCC(O)(c1ccccc1)c1ccccc1C(C)C)c1ccccc1. The zero-order valence-corrected chi connectivity index (χ0v) is 22.6. The molecule has 2 heteroatoms. The van der Waals surface area contributed by atoms with E-state index < -0.39 is 11.2 Å². The summed E-state index contributed by atoms with van der Waals surface area (Å²) in [4.78, 5) is 0. The van der Waals surface area contributed by atoms with Gasteiger partial charge in [0, 0.05) is 0 Å². The zero-order valence-electron chi connectivity index (χ0n) is 22.6. The van der Waals surface area contributed by atoms with Gasteiger partial charge in [0.2, 0.25) is 0 Å². The molecule has 4 aromatic rings. The third kappa shape index (κ3) is 5.56. The summed E-state index contributed by atoms with van der Waals surface area (Å²) in [6.07, 6.45) is 1.63. The monoisotopic (exact) mass is 492 g/mol. The number of benzene rings is 4. The molecule has 0 fully saturated rings. The smallest absolute Gasteiger partial charge is 0.115 e. The van der Waals surface area contributed by atoms with Crippen LogP contribution in [0.1, 0.15) is 92.2 Å². The first-order valence-electron chi connectivity index (χ1n) is 13.5. The van der Waals surface area contributed by atoms with Crippen LogP contribution in [0.3, 0.4) is 0 Å². The van der Waals surface area contributed by atoms with Crippen LogP contribution in [-0.2, 0) is 11.2 Å². The fourth-order valence-corrected chi connectivity index (χ4v) is 5.65. The normalized spacial score (nSPS) is 14.9. The molecule has 192 valence electrons. The van der Waals surface area contributed by atoms with Gasteiger partial charge in [-0.3, -0.25) is 0 Å². The third-order valence-corrected chi connectivity index (χ3v) is 7.64. The Kier molecular flexibility index (Phi) is 8.32. The second-order valence-corrected chi connectivity index (χ2v) is 10.8. The highest BCUT2D eigenvalue weighted by atomic mass is 16.3. The van der Waals surface area contributed by atoms with E-state index in [2.05, 4.69) is 52.0 Å². The average molecular weight is 493 g/mol. The summed E-state index contributed by atoms with van der Waals surface area (Å²) < 4.78 is 0. The standard InChI is InChI=1S/C35H40O2/c1-26(2)30-20-11-13-22-32(30)34(36,28-16-7-5-8-17-28)24-15-25-35(37,29-18-9-6-10-19-29)33-23-14-12-21-31(33)27(3)4/h5-14,16-23,26-27,36-37H,15,24-25H2,1-4H3. The summed E-state index contributed by atoms with van der Waals surface area (Å²) >= 11 is 0. The largest absolute Gasteiger partial charge is 0.380 e. The molecule has 2 unspecified atom stereocenters. The van der Waals surface area contributed by atoms with Crippen LogP contribution >= 0.6 is 0 Å². The van der Waals surface area contributed by atoms with Crippen LogP contribution < -0.4 is 0 Å². The topological polar surface area (TPSA) is 40.5 Å². The molecular formula is C35H40O2. The Hall–Kier alpha value is -3.20. The maximum absolute atomic E-state index is 12.4. The Balaban J connectivity index is 1.74. The number of hydrogen-bond donors (Lipinski definition) is 2. The molecule has 0 aliphatic rings. The molecule has 2 atom stereocenters. The van der Waals surface area contributed by atoms with Gasteiger partial charge in [-0.1, -0.05) is 137 Å². The molecule has 0 aliphatic carbocycles. The Labute approximate surface area is 222 Å². The minimum absolute atomic E-state index is 0.283. The lowest BCUT2D eigenvalue weighted by molar-refractivity contribution is 0.0390. The van der Waals surface area contributed by atoms with Crippen LogP contribution in [-0.4, -0.2) is 10.2 Å². The molecule has 37 heavy (non-hydrogen) atoms. The van der Waals surface area contributed by atoms with Crippen molar-refractivity contribution in [3.8, 4) is 0 Å². The van der Waals surface area contributed by atoms with Crippen LogP contribution in [0.2, 0.25) is 0 Å². The summed E-state index contributed by atoms with van der Waals surface area (Å²) in [5.74, 6) is 0.566. The molecule has 0 aliphatic heterocycles. The van der Waals surface area contributed by atoms with Gasteiger partial charge >= 0.3 is 0 Å².